The van der Waals surface area contributed by atoms with E-state index in [1.54, 1.807) is 11.3 Å². The van der Waals surface area contributed by atoms with Gasteiger partial charge in [0, 0.05) is 29.5 Å². The molecule has 0 spiro atoms. The molecule has 2 N–H and O–H groups in total. The molecule has 2 heterocycles. The van der Waals surface area contributed by atoms with Crippen LogP contribution in [-0.2, 0) is 13.1 Å². The van der Waals surface area contributed by atoms with Gasteiger partial charge in [0.2, 0.25) is 0 Å². The van der Waals surface area contributed by atoms with Gasteiger partial charge in [-0.25, -0.2) is 4.98 Å². The van der Waals surface area contributed by atoms with Crippen LogP contribution in [0, 0.1) is 6.92 Å². The zero-order valence-corrected chi connectivity index (χ0v) is 13.0. The molecule has 108 valence electrons. The summed E-state index contributed by atoms with van der Waals surface area (Å²) in [5.41, 5.74) is 9.95. The summed E-state index contributed by atoms with van der Waals surface area (Å²) in [6, 6.07) is 9.93. The second-order valence-corrected chi connectivity index (χ2v) is 6.31. The van der Waals surface area contributed by atoms with Gasteiger partial charge < -0.3 is 5.73 Å². The lowest BCUT2D eigenvalue weighted by Gasteiger charge is -2.15. The molecule has 4 nitrogen and oxygen atoms in total. The minimum absolute atomic E-state index is 0.756. The fraction of sp³-hybridized carbons (Fsp3) is 0.250. The number of aromatic nitrogens is 2. The quantitative estimate of drug-likeness (QED) is 0.803. The number of para-hydroxylation sites is 1. The number of benzene rings is 1. The SMILES string of the molecule is Cc1nc(CN(C)Cc2cc(N)c3ccccc3n2)cs1. The van der Waals surface area contributed by atoms with Crippen LogP contribution in [0.15, 0.2) is 35.7 Å². The third-order valence-electron chi connectivity index (χ3n) is 3.33. The van der Waals surface area contributed by atoms with Crippen LogP contribution < -0.4 is 5.73 Å². The van der Waals surface area contributed by atoms with Gasteiger partial charge in [0.05, 0.1) is 21.9 Å². The molecule has 0 unspecified atom stereocenters. The molecule has 3 rings (SSSR count). The maximum absolute atomic E-state index is 6.12. The number of aryl methyl sites for hydroxylation is 1. The molecule has 21 heavy (non-hydrogen) atoms. The highest BCUT2D eigenvalue weighted by molar-refractivity contribution is 7.09. The molecular weight excluding hydrogens is 280 g/mol. The van der Waals surface area contributed by atoms with Crippen LogP contribution in [0.1, 0.15) is 16.4 Å². The minimum Gasteiger partial charge on any atom is -0.398 e. The molecule has 0 bridgehead atoms. The molecule has 0 aliphatic carbocycles. The summed E-state index contributed by atoms with van der Waals surface area (Å²) in [7, 11) is 2.07. The minimum atomic E-state index is 0.756. The van der Waals surface area contributed by atoms with Gasteiger partial charge in [0.1, 0.15) is 0 Å². The van der Waals surface area contributed by atoms with E-state index in [9.17, 15) is 0 Å². The van der Waals surface area contributed by atoms with Crippen molar-refractivity contribution in [3.63, 3.8) is 0 Å². The topological polar surface area (TPSA) is 55.0 Å². The Balaban J connectivity index is 1.78. The number of nitrogens with two attached hydrogens (primary N) is 1. The molecule has 5 heteroatoms. The van der Waals surface area contributed by atoms with Gasteiger partial charge in [0.25, 0.3) is 0 Å². The second kappa shape index (κ2) is 5.79. The number of hydrogen-bond acceptors (Lipinski definition) is 5. The fourth-order valence-electron chi connectivity index (χ4n) is 2.43. The average Bonchev–Trinajstić information content (AvgIpc) is 2.84. The summed E-state index contributed by atoms with van der Waals surface area (Å²) < 4.78 is 0. The van der Waals surface area contributed by atoms with Gasteiger partial charge in [-0.05, 0) is 26.1 Å². The zero-order chi connectivity index (χ0) is 14.8. The number of pyridine rings is 1. The zero-order valence-electron chi connectivity index (χ0n) is 12.2. The number of anilines is 1. The lowest BCUT2D eigenvalue weighted by atomic mass is 10.1. The molecule has 0 fully saturated rings. The molecule has 0 saturated heterocycles. The standard InChI is InChI=1S/C16H18N4S/c1-11-18-13(10-21-11)9-20(2)8-12-7-15(17)14-5-3-4-6-16(14)19-12/h3-7,10H,8-9H2,1-2H3,(H2,17,19). The van der Waals surface area contributed by atoms with Gasteiger partial charge in [-0.1, -0.05) is 18.2 Å². The summed E-state index contributed by atoms with van der Waals surface area (Å²) >= 11 is 1.68. The van der Waals surface area contributed by atoms with E-state index in [1.807, 2.05) is 37.3 Å². The largest absolute Gasteiger partial charge is 0.398 e. The van der Waals surface area contributed by atoms with Crippen molar-refractivity contribution in [3.05, 3.63) is 52.1 Å². The van der Waals surface area contributed by atoms with Crippen LogP contribution >= 0.6 is 11.3 Å². The van der Waals surface area contributed by atoms with Crippen molar-refractivity contribution in [1.82, 2.24) is 14.9 Å². The molecule has 0 amide bonds. The highest BCUT2D eigenvalue weighted by Crippen LogP contribution is 2.21. The molecule has 0 atom stereocenters. The van der Waals surface area contributed by atoms with E-state index in [-0.39, 0.29) is 0 Å². The Hall–Kier alpha value is -1.98. The Bertz CT molecular complexity index is 766. The Kier molecular flexibility index (Phi) is 3.86. The summed E-state index contributed by atoms with van der Waals surface area (Å²) in [5, 5.41) is 4.22. The highest BCUT2D eigenvalue weighted by atomic mass is 32.1. The smallest absolute Gasteiger partial charge is 0.0897 e. The maximum Gasteiger partial charge on any atom is 0.0897 e. The van der Waals surface area contributed by atoms with Crippen LogP contribution in [0.25, 0.3) is 10.9 Å². The molecule has 0 aliphatic heterocycles. The number of thiazole rings is 1. The highest BCUT2D eigenvalue weighted by Gasteiger charge is 2.08. The van der Waals surface area contributed by atoms with Gasteiger partial charge in [-0.15, -0.1) is 11.3 Å². The Morgan fingerprint density at radius 3 is 2.67 bits per heavy atom. The fourth-order valence-corrected chi connectivity index (χ4v) is 3.03. The molecule has 0 radical (unpaired) electrons. The molecule has 2 aromatic heterocycles. The van der Waals surface area contributed by atoms with Crippen molar-refractivity contribution in [2.45, 2.75) is 20.0 Å². The predicted molar refractivity (Wildman–Crippen MR) is 88.2 cm³/mol. The van der Waals surface area contributed by atoms with Gasteiger partial charge in [-0.3, -0.25) is 9.88 Å². The molecule has 0 saturated carbocycles. The van der Waals surface area contributed by atoms with Crippen LogP contribution in [0.5, 0.6) is 0 Å². The van der Waals surface area contributed by atoms with E-state index in [0.29, 0.717) is 0 Å². The number of hydrogen-bond donors (Lipinski definition) is 1. The summed E-state index contributed by atoms with van der Waals surface area (Å²) in [4.78, 5) is 11.4. The first-order valence-corrected chi connectivity index (χ1v) is 7.73. The second-order valence-electron chi connectivity index (χ2n) is 5.25. The normalized spacial score (nSPS) is 11.4. The van der Waals surface area contributed by atoms with Crippen molar-refractivity contribution in [2.24, 2.45) is 0 Å². The Labute approximate surface area is 128 Å². The van der Waals surface area contributed by atoms with Gasteiger partial charge in [-0.2, -0.15) is 0 Å². The lowest BCUT2D eigenvalue weighted by molar-refractivity contribution is 0.312. The van der Waals surface area contributed by atoms with Crippen molar-refractivity contribution in [2.75, 3.05) is 12.8 Å². The van der Waals surface area contributed by atoms with Crippen LogP contribution in [0.2, 0.25) is 0 Å². The lowest BCUT2D eigenvalue weighted by Crippen LogP contribution is -2.18. The van der Waals surface area contributed by atoms with E-state index in [2.05, 4.69) is 27.3 Å². The number of nitrogens with zero attached hydrogens (tertiary/aromatic N) is 3. The van der Waals surface area contributed by atoms with E-state index in [1.165, 1.54) is 0 Å². The van der Waals surface area contributed by atoms with Gasteiger partial charge >= 0.3 is 0 Å². The van der Waals surface area contributed by atoms with E-state index in [0.717, 1.165) is 46.1 Å². The first-order chi connectivity index (χ1) is 10.1. The van der Waals surface area contributed by atoms with Crippen molar-refractivity contribution in [1.29, 1.82) is 0 Å². The van der Waals surface area contributed by atoms with Crippen molar-refractivity contribution >= 4 is 27.9 Å². The third-order valence-corrected chi connectivity index (χ3v) is 4.15. The molecule has 0 aliphatic rings. The number of fused-ring (bicyclic) bond motifs is 1. The van der Waals surface area contributed by atoms with Crippen LogP contribution in [0.4, 0.5) is 5.69 Å². The van der Waals surface area contributed by atoms with E-state index >= 15 is 0 Å². The number of rotatable bonds is 4. The summed E-state index contributed by atoms with van der Waals surface area (Å²) in [6.45, 7) is 3.60. The average molecular weight is 298 g/mol. The maximum atomic E-state index is 6.12. The predicted octanol–water partition coefficient (Wildman–Crippen LogP) is 3.21. The van der Waals surface area contributed by atoms with E-state index < -0.39 is 0 Å². The third kappa shape index (κ3) is 3.20. The van der Waals surface area contributed by atoms with Crippen LogP contribution in [-0.4, -0.2) is 21.9 Å². The van der Waals surface area contributed by atoms with Crippen molar-refractivity contribution in [3.8, 4) is 0 Å². The van der Waals surface area contributed by atoms with E-state index in [4.69, 9.17) is 5.73 Å². The van der Waals surface area contributed by atoms with Crippen LogP contribution in [0.3, 0.4) is 0 Å². The summed E-state index contributed by atoms with van der Waals surface area (Å²) in [6.07, 6.45) is 0. The summed E-state index contributed by atoms with van der Waals surface area (Å²) in [5.74, 6) is 0. The molecule has 3 aromatic rings. The monoisotopic (exact) mass is 298 g/mol. The van der Waals surface area contributed by atoms with Gasteiger partial charge in [0.15, 0.2) is 0 Å². The molecular formula is C16H18N4S. The molecule has 1 aromatic carbocycles. The van der Waals surface area contributed by atoms with Crippen molar-refractivity contribution < 1.29 is 0 Å². The first-order valence-electron chi connectivity index (χ1n) is 6.85. The first kappa shape index (κ1) is 14.0. The Morgan fingerprint density at radius 2 is 1.90 bits per heavy atom. The Morgan fingerprint density at radius 1 is 1.14 bits per heavy atom. The number of nitrogen functional groups attached to an aromatic ring is 1.